The number of likely N-dealkylation sites (tertiary alicyclic amines) is 2. The summed E-state index contributed by atoms with van der Waals surface area (Å²) in [7, 11) is 5.84. The third-order valence-corrected chi connectivity index (χ3v) is 13.8. The van der Waals surface area contributed by atoms with E-state index in [1.807, 2.05) is 12.1 Å². The van der Waals surface area contributed by atoms with Crippen molar-refractivity contribution in [2.75, 3.05) is 47.4 Å². The minimum Gasteiger partial charge on any atom is -0.508 e. The topological polar surface area (TPSA) is 109 Å². The lowest BCUT2D eigenvalue weighted by Gasteiger charge is -2.50. The Hall–Kier alpha value is -3.30. The number of esters is 2. The molecular weight excluding hydrogens is 632 g/mol. The van der Waals surface area contributed by atoms with E-state index in [9.17, 15) is 19.8 Å². The van der Waals surface area contributed by atoms with Crippen LogP contribution < -0.4 is 4.74 Å². The van der Waals surface area contributed by atoms with Gasteiger partial charge in [-0.25, -0.2) is 0 Å². The van der Waals surface area contributed by atoms with Gasteiger partial charge in [-0.15, -0.1) is 0 Å². The van der Waals surface area contributed by atoms with Gasteiger partial charge in [0.05, 0.1) is 18.9 Å². The fourth-order valence-electron chi connectivity index (χ4n) is 11.2. The van der Waals surface area contributed by atoms with Gasteiger partial charge < -0.3 is 34.2 Å². The maximum absolute atomic E-state index is 14.6. The van der Waals surface area contributed by atoms with Crippen LogP contribution in [0.15, 0.2) is 42.5 Å². The maximum Gasteiger partial charge on any atom is 0.310 e. The maximum atomic E-state index is 14.6. The first-order chi connectivity index (χ1) is 23.9. The molecule has 3 saturated carbocycles. The molecule has 12 atom stereocenters. The Labute approximate surface area is 297 Å². The molecule has 2 heterocycles. The van der Waals surface area contributed by atoms with E-state index in [1.54, 1.807) is 30.3 Å². The van der Waals surface area contributed by atoms with E-state index in [-0.39, 0.29) is 53.2 Å². The fraction of sp³-hybridized carbons (Fsp3) is 0.659. The summed E-state index contributed by atoms with van der Waals surface area (Å²) < 4.78 is 18.6. The molecule has 0 aromatic heterocycles. The van der Waals surface area contributed by atoms with E-state index in [0.29, 0.717) is 35.5 Å². The highest BCUT2D eigenvalue weighted by molar-refractivity contribution is 5.86. The number of carbonyl (C=O) groups excluding carboxylic acids is 2. The van der Waals surface area contributed by atoms with Crippen LogP contribution in [0.2, 0.25) is 0 Å². The molecule has 2 aliphatic heterocycles. The standard InChI is InChI=1S/C41H56N2O7/c1-21-17-42(5)19-30-23(3)33(15-28(21)30)49-40(46)38-36(25-8-11-27(44)12-9-25)39(37(38)26-10-13-32(45)35(14-26)48-7)41(47)50-34-16-29-22(2)18-43(6)20-31(29)24(34)4/h8-14,21-24,28-31,33-34,36-39,44-45H,15-20H2,1-7H3/t21-,22-,23-,24-,28-,29-,30-,31-,33+,34+,36?,37?,38-,39-/m0/s1. The van der Waals surface area contributed by atoms with Crippen molar-refractivity contribution in [3.63, 3.8) is 0 Å². The molecule has 3 aliphatic carbocycles. The summed E-state index contributed by atoms with van der Waals surface area (Å²) in [5.74, 6) is 0.851. The average Bonchev–Trinajstić information content (AvgIpc) is 3.54. The Morgan fingerprint density at radius 1 is 0.660 bits per heavy atom. The zero-order valence-electron chi connectivity index (χ0n) is 30.7. The number of hydrogen-bond donors (Lipinski definition) is 2. The first-order valence-corrected chi connectivity index (χ1v) is 18.8. The molecule has 5 fully saturated rings. The van der Waals surface area contributed by atoms with Gasteiger partial charge >= 0.3 is 11.9 Å². The average molecular weight is 689 g/mol. The number of ether oxygens (including phenoxy) is 3. The normalized spacial score (nSPS) is 40.0. The molecule has 7 rings (SSSR count). The molecule has 2 saturated heterocycles. The number of rotatable bonds is 7. The molecular formula is C41H56N2O7. The van der Waals surface area contributed by atoms with Crippen LogP contribution in [0.25, 0.3) is 0 Å². The number of benzene rings is 2. The van der Waals surface area contributed by atoms with Crippen molar-refractivity contribution in [2.45, 2.75) is 64.6 Å². The highest BCUT2D eigenvalue weighted by Gasteiger charge is 2.61. The summed E-state index contributed by atoms with van der Waals surface area (Å²) in [4.78, 5) is 34.0. The van der Waals surface area contributed by atoms with Crippen molar-refractivity contribution in [1.29, 1.82) is 0 Å². The van der Waals surface area contributed by atoms with Gasteiger partial charge in [0, 0.05) is 38.0 Å². The molecule has 50 heavy (non-hydrogen) atoms. The van der Waals surface area contributed by atoms with E-state index in [1.165, 1.54) is 7.11 Å². The molecule has 0 amide bonds. The lowest BCUT2D eigenvalue weighted by Crippen LogP contribution is -2.53. The van der Waals surface area contributed by atoms with E-state index in [2.05, 4.69) is 51.6 Å². The van der Waals surface area contributed by atoms with Gasteiger partial charge in [0.1, 0.15) is 18.0 Å². The summed E-state index contributed by atoms with van der Waals surface area (Å²) in [6.45, 7) is 13.1. The summed E-state index contributed by atoms with van der Waals surface area (Å²) in [6, 6.07) is 11.9. The first-order valence-electron chi connectivity index (χ1n) is 18.8. The van der Waals surface area contributed by atoms with Crippen molar-refractivity contribution < 1.29 is 34.0 Å². The lowest BCUT2D eigenvalue weighted by molar-refractivity contribution is -0.175. The Balaban J connectivity index is 1.21. The molecule has 272 valence electrons. The second-order valence-corrected chi connectivity index (χ2v) is 16.8. The Morgan fingerprint density at radius 3 is 1.60 bits per heavy atom. The van der Waals surface area contributed by atoms with Gasteiger partial charge in [-0.2, -0.15) is 0 Å². The molecule has 2 aromatic rings. The van der Waals surface area contributed by atoms with Crippen LogP contribution in [0, 0.1) is 59.2 Å². The largest absolute Gasteiger partial charge is 0.508 e. The van der Waals surface area contributed by atoms with Crippen LogP contribution >= 0.6 is 0 Å². The number of hydrogen-bond acceptors (Lipinski definition) is 9. The third kappa shape index (κ3) is 6.16. The van der Waals surface area contributed by atoms with Crippen LogP contribution in [-0.2, 0) is 19.1 Å². The van der Waals surface area contributed by atoms with Crippen molar-refractivity contribution in [3.05, 3.63) is 53.6 Å². The molecule has 5 aliphatic rings. The van der Waals surface area contributed by atoms with Crippen LogP contribution in [0.3, 0.4) is 0 Å². The Kier molecular flexibility index (Phi) is 9.61. The van der Waals surface area contributed by atoms with Gasteiger partial charge in [-0.3, -0.25) is 9.59 Å². The van der Waals surface area contributed by atoms with Gasteiger partial charge in [-0.1, -0.05) is 45.9 Å². The predicted octanol–water partition coefficient (Wildman–Crippen LogP) is 5.75. The SMILES string of the molecule is COc1cc(C2[C@@H](C(=O)O[C@@H]3C[C@@H]4[C@@H](CN(C)C[C@@H]4C)[C@@H]3C)C(c3ccc(O)cc3)[C@@H]2C(=O)O[C@@H]2C[C@@H]3[C@@H](CN(C)C[C@@H]3C)[C@@H]2C)ccc1O. The minimum absolute atomic E-state index is 0.00754. The number of phenolic OH excluding ortho intramolecular Hbond substituents is 2. The molecule has 0 spiro atoms. The number of nitrogens with zero attached hydrogens (tertiary/aromatic N) is 2. The lowest BCUT2D eigenvalue weighted by atomic mass is 9.52. The smallest absolute Gasteiger partial charge is 0.310 e. The second kappa shape index (κ2) is 13.7. The number of aromatic hydroxyl groups is 2. The van der Waals surface area contributed by atoms with E-state index >= 15 is 0 Å². The van der Waals surface area contributed by atoms with Gasteiger partial charge in [-0.05, 0) is 110 Å². The first kappa shape index (κ1) is 35.1. The van der Waals surface area contributed by atoms with Gasteiger partial charge in [0.15, 0.2) is 11.5 Å². The summed E-state index contributed by atoms with van der Waals surface area (Å²) in [5, 5.41) is 20.7. The van der Waals surface area contributed by atoms with E-state index in [4.69, 9.17) is 14.2 Å². The van der Waals surface area contributed by atoms with E-state index < -0.39 is 23.7 Å². The van der Waals surface area contributed by atoms with Crippen molar-refractivity contribution in [1.82, 2.24) is 9.80 Å². The summed E-state index contributed by atoms with van der Waals surface area (Å²) >= 11 is 0. The Morgan fingerprint density at radius 2 is 1.12 bits per heavy atom. The summed E-state index contributed by atoms with van der Waals surface area (Å²) in [5.41, 5.74) is 1.52. The van der Waals surface area contributed by atoms with Gasteiger partial charge in [0.25, 0.3) is 0 Å². The van der Waals surface area contributed by atoms with Crippen LogP contribution in [-0.4, -0.2) is 91.5 Å². The number of phenols is 2. The highest BCUT2D eigenvalue weighted by Crippen LogP contribution is 2.60. The summed E-state index contributed by atoms with van der Waals surface area (Å²) in [6.07, 6.45) is 1.30. The molecule has 9 heteroatoms. The van der Waals surface area contributed by atoms with Crippen molar-refractivity contribution in [3.8, 4) is 17.2 Å². The third-order valence-electron chi connectivity index (χ3n) is 13.8. The quantitative estimate of drug-likeness (QED) is 0.352. The highest BCUT2D eigenvalue weighted by atomic mass is 16.6. The predicted molar refractivity (Wildman–Crippen MR) is 190 cm³/mol. The molecule has 2 aromatic carbocycles. The van der Waals surface area contributed by atoms with Gasteiger partial charge in [0.2, 0.25) is 0 Å². The minimum atomic E-state index is -0.668. The molecule has 0 bridgehead atoms. The number of carbonyl (C=O) groups is 2. The van der Waals surface area contributed by atoms with E-state index in [0.717, 1.165) is 50.1 Å². The molecule has 9 nitrogen and oxygen atoms in total. The molecule has 2 N–H and O–H groups in total. The van der Waals surface area contributed by atoms with Crippen LogP contribution in [0.1, 0.15) is 63.5 Å². The number of piperidine rings is 2. The monoisotopic (exact) mass is 688 g/mol. The Bertz CT molecular complexity index is 1500. The molecule has 0 unspecified atom stereocenters. The molecule has 0 radical (unpaired) electrons. The zero-order chi connectivity index (χ0) is 35.6. The van der Waals surface area contributed by atoms with Crippen molar-refractivity contribution in [2.24, 2.45) is 59.2 Å². The number of methoxy groups -OCH3 is 1. The van der Waals surface area contributed by atoms with Crippen molar-refractivity contribution >= 4 is 11.9 Å². The second-order valence-electron chi connectivity index (χ2n) is 16.8. The number of fused-ring (bicyclic) bond motifs is 2. The van der Waals surface area contributed by atoms with Crippen LogP contribution in [0.5, 0.6) is 17.2 Å². The van der Waals surface area contributed by atoms with Crippen LogP contribution in [0.4, 0.5) is 0 Å². The zero-order valence-corrected chi connectivity index (χ0v) is 30.7. The fourth-order valence-corrected chi connectivity index (χ4v) is 11.2.